The monoisotopic (exact) mass is 252 g/mol. The number of hydrogen-bond acceptors (Lipinski definition) is 5. The van der Waals surface area contributed by atoms with E-state index in [9.17, 15) is 4.79 Å². The summed E-state index contributed by atoms with van der Waals surface area (Å²) in [6, 6.07) is 5.26. The van der Waals surface area contributed by atoms with Crippen LogP contribution in [0.25, 0.3) is 11.0 Å². The summed E-state index contributed by atoms with van der Waals surface area (Å²) in [4.78, 5) is 19.2. The Balaban J connectivity index is 2.23. The molecule has 2 aromatic rings. The van der Waals surface area contributed by atoms with Gasteiger partial charge < -0.3 is 9.47 Å². The van der Waals surface area contributed by atoms with Gasteiger partial charge in [-0.2, -0.15) is 0 Å². The van der Waals surface area contributed by atoms with Gasteiger partial charge in [0.1, 0.15) is 5.52 Å². The van der Waals surface area contributed by atoms with Crippen LogP contribution in [0, 0.1) is 0 Å². The fraction of sp³-hybridized carbons (Fsp3) is 0.182. The molecule has 0 amide bonds. The number of esters is 1. The van der Waals surface area contributed by atoms with Gasteiger partial charge in [-0.1, -0.05) is 17.7 Å². The molecule has 0 aliphatic carbocycles. The van der Waals surface area contributed by atoms with Gasteiger partial charge in [-0.15, -0.1) is 0 Å². The number of carbonyl (C=O) groups is 1. The predicted octanol–water partition coefficient (Wildman–Crippen LogP) is 1.83. The van der Waals surface area contributed by atoms with Crippen molar-refractivity contribution in [2.24, 2.45) is 0 Å². The highest BCUT2D eigenvalue weighted by atomic mass is 35.5. The molecule has 17 heavy (non-hydrogen) atoms. The Kier molecular flexibility index (Phi) is 3.39. The molecule has 0 spiro atoms. The van der Waals surface area contributed by atoms with Crippen molar-refractivity contribution in [3.63, 3.8) is 0 Å². The summed E-state index contributed by atoms with van der Waals surface area (Å²) in [6.45, 7) is -0.197. The molecule has 0 N–H and O–H groups in total. The maximum Gasteiger partial charge on any atom is 0.343 e. The fourth-order valence-corrected chi connectivity index (χ4v) is 1.47. The Labute approximate surface area is 102 Å². The van der Waals surface area contributed by atoms with Gasteiger partial charge in [0.25, 0.3) is 0 Å². The van der Waals surface area contributed by atoms with Crippen molar-refractivity contribution in [3.8, 4) is 5.88 Å². The highest BCUT2D eigenvalue weighted by Crippen LogP contribution is 2.21. The first-order valence-corrected chi connectivity index (χ1v) is 5.19. The molecule has 0 unspecified atom stereocenters. The third-order valence-corrected chi connectivity index (χ3v) is 2.37. The highest BCUT2D eigenvalue weighted by molar-refractivity contribution is 6.34. The topological polar surface area (TPSA) is 61.3 Å². The predicted molar refractivity (Wildman–Crippen MR) is 62.1 cm³/mol. The van der Waals surface area contributed by atoms with Gasteiger partial charge in [-0.3, -0.25) is 0 Å². The summed E-state index contributed by atoms with van der Waals surface area (Å²) in [5.74, 6) is -0.219. The first-order chi connectivity index (χ1) is 8.20. The molecule has 1 heterocycles. The number of hydrogen-bond donors (Lipinski definition) is 0. The van der Waals surface area contributed by atoms with E-state index < -0.39 is 5.97 Å². The first-order valence-electron chi connectivity index (χ1n) is 4.81. The number of ether oxygens (including phenoxy) is 2. The number of carbonyl (C=O) groups excluding carboxylic acids is 1. The standard InChI is InChI=1S/C11H9ClN2O3/c1-16-10(15)6-17-9-5-13-11-7(12)3-2-4-8(11)14-9/h2-5H,6H2,1H3. The van der Waals surface area contributed by atoms with Crippen LogP contribution < -0.4 is 4.74 Å². The van der Waals surface area contributed by atoms with E-state index in [4.69, 9.17) is 16.3 Å². The van der Waals surface area contributed by atoms with E-state index in [1.165, 1.54) is 13.3 Å². The minimum atomic E-state index is -0.474. The lowest BCUT2D eigenvalue weighted by Crippen LogP contribution is -2.13. The number of halogens is 1. The van der Waals surface area contributed by atoms with E-state index >= 15 is 0 Å². The molecule has 2 rings (SSSR count). The molecule has 1 aromatic carbocycles. The van der Waals surface area contributed by atoms with Gasteiger partial charge in [-0.05, 0) is 12.1 Å². The second kappa shape index (κ2) is 4.97. The second-order valence-corrected chi connectivity index (χ2v) is 3.59. The summed E-state index contributed by atoms with van der Waals surface area (Å²) in [7, 11) is 1.29. The maximum atomic E-state index is 10.9. The molecule has 88 valence electrons. The van der Waals surface area contributed by atoms with Crippen LogP contribution in [0.2, 0.25) is 5.02 Å². The van der Waals surface area contributed by atoms with Crippen molar-refractivity contribution in [2.75, 3.05) is 13.7 Å². The van der Waals surface area contributed by atoms with Gasteiger partial charge >= 0.3 is 5.97 Å². The average molecular weight is 253 g/mol. The smallest absolute Gasteiger partial charge is 0.343 e. The van der Waals surface area contributed by atoms with Crippen LogP contribution in [-0.4, -0.2) is 29.7 Å². The molecule has 0 aliphatic heterocycles. The third-order valence-electron chi connectivity index (χ3n) is 2.07. The first kappa shape index (κ1) is 11.6. The number of para-hydroxylation sites is 1. The molecule has 1 aromatic heterocycles. The highest BCUT2D eigenvalue weighted by Gasteiger charge is 2.06. The largest absolute Gasteiger partial charge is 0.466 e. The van der Waals surface area contributed by atoms with Crippen LogP contribution in [0.3, 0.4) is 0 Å². The number of fused-ring (bicyclic) bond motifs is 1. The molecule has 0 aliphatic rings. The molecule has 0 atom stereocenters. The van der Waals surface area contributed by atoms with E-state index in [1.807, 2.05) is 0 Å². The molecule has 6 heteroatoms. The zero-order chi connectivity index (χ0) is 12.3. The fourth-order valence-electron chi connectivity index (χ4n) is 1.25. The van der Waals surface area contributed by atoms with Crippen molar-refractivity contribution >= 4 is 28.6 Å². The summed E-state index contributed by atoms with van der Waals surface area (Å²) in [5, 5.41) is 0.523. The molecule has 0 fully saturated rings. The van der Waals surface area contributed by atoms with Gasteiger partial charge in [0.05, 0.1) is 23.8 Å². The van der Waals surface area contributed by atoms with E-state index in [2.05, 4.69) is 14.7 Å². The Morgan fingerprint density at radius 2 is 2.29 bits per heavy atom. The Hall–Kier alpha value is -1.88. The molecule has 0 bridgehead atoms. The number of nitrogens with zero attached hydrogens (tertiary/aromatic N) is 2. The minimum absolute atomic E-state index is 0.197. The van der Waals surface area contributed by atoms with E-state index in [-0.39, 0.29) is 12.5 Å². The van der Waals surface area contributed by atoms with Crippen molar-refractivity contribution < 1.29 is 14.3 Å². The Morgan fingerprint density at radius 1 is 1.47 bits per heavy atom. The van der Waals surface area contributed by atoms with Crippen LogP contribution in [0.15, 0.2) is 24.4 Å². The summed E-state index contributed by atoms with van der Waals surface area (Å²) >= 11 is 5.94. The lowest BCUT2D eigenvalue weighted by atomic mass is 10.3. The molecular formula is C11H9ClN2O3. The van der Waals surface area contributed by atoms with Crippen molar-refractivity contribution in [1.82, 2.24) is 9.97 Å². The zero-order valence-corrected chi connectivity index (χ0v) is 9.77. The lowest BCUT2D eigenvalue weighted by Gasteiger charge is -2.04. The van der Waals surface area contributed by atoms with E-state index in [1.54, 1.807) is 18.2 Å². The zero-order valence-electron chi connectivity index (χ0n) is 9.01. The Morgan fingerprint density at radius 3 is 3.06 bits per heavy atom. The normalized spacial score (nSPS) is 10.2. The van der Waals surface area contributed by atoms with Crippen molar-refractivity contribution in [2.45, 2.75) is 0 Å². The molecule has 5 nitrogen and oxygen atoms in total. The van der Waals surface area contributed by atoms with Crippen LogP contribution in [0.4, 0.5) is 0 Å². The van der Waals surface area contributed by atoms with Gasteiger partial charge in [-0.25, -0.2) is 14.8 Å². The molecule has 0 saturated heterocycles. The lowest BCUT2D eigenvalue weighted by molar-refractivity contribution is -0.143. The number of aromatic nitrogens is 2. The maximum absolute atomic E-state index is 10.9. The number of methoxy groups -OCH3 is 1. The van der Waals surface area contributed by atoms with Crippen LogP contribution in [0.1, 0.15) is 0 Å². The average Bonchev–Trinajstić information content (AvgIpc) is 2.36. The summed E-state index contributed by atoms with van der Waals surface area (Å²) in [5.41, 5.74) is 1.21. The van der Waals surface area contributed by atoms with Gasteiger partial charge in [0, 0.05) is 0 Å². The van der Waals surface area contributed by atoms with Crippen LogP contribution in [-0.2, 0) is 9.53 Å². The molecule has 0 saturated carbocycles. The minimum Gasteiger partial charge on any atom is -0.466 e. The second-order valence-electron chi connectivity index (χ2n) is 3.18. The van der Waals surface area contributed by atoms with Crippen molar-refractivity contribution in [3.05, 3.63) is 29.4 Å². The summed E-state index contributed by atoms with van der Waals surface area (Å²) in [6.07, 6.45) is 1.41. The van der Waals surface area contributed by atoms with E-state index in [0.29, 0.717) is 16.1 Å². The van der Waals surface area contributed by atoms with E-state index in [0.717, 1.165) is 0 Å². The SMILES string of the molecule is COC(=O)COc1cnc2c(Cl)cccc2n1. The van der Waals surface area contributed by atoms with Crippen LogP contribution in [0.5, 0.6) is 5.88 Å². The summed E-state index contributed by atoms with van der Waals surface area (Å²) < 4.78 is 9.56. The van der Waals surface area contributed by atoms with Gasteiger partial charge in [0.2, 0.25) is 5.88 Å². The quantitative estimate of drug-likeness (QED) is 0.780. The van der Waals surface area contributed by atoms with Crippen molar-refractivity contribution in [1.29, 1.82) is 0 Å². The third kappa shape index (κ3) is 2.62. The molecular weight excluding hydrogens is 244 g/mol. The van der Waals surface area contributed by atoms with Crippen LogP contribution >= 0.6 is 11.6 Å². The number of benzene rings is 1. The Bertz CT molecular complexity index is 559. The van der Waals surface area contributed by atoms with Gasteiger partial charge in [0.15, 0.2) is 6.61 Å². The number of rotatable bonds is 3. The molecule has 0 radical (unpaired) electrons.